The molecule has 9 heavy (non-hydrogen) atoms. The molecule has 0 aliphatic rings. The molecule has 0 spiro atoms. The molecular formula is C6H16ClNO. The van der Waals surface area contributed by atoms with Gasteiger partial charge in [0.15, 0.2) is 0 Å². The molecule has 0 aromatic rings. The molecule has 2 nitrogen and oxygen atoms in total. The molecule has 0 saturated heterocycles. The Balaban J connectivity index is 0. The van der Waals surface area contributed by atoms with Gasteiger partial charge in [-0.2, -0.15) is 0 Å². The second-order valence-electron chi connectivity index (χ2n) is 2.27. The number of halogens is 1. The number of hydrogen-bond acceptors (Lipinski definition) is 2. The van der Waals surface area contributed by atoms with E-state index in [0.717, 1.165) is 6.42 Å². The lowest BCUT2D eigenvalue weighted by Gasteiger charge is -2.10. The smallest absolute Gasteiger partial charge is 0.0526 e. The van der Waals surface area contributed by atoms with Crippen LogP contribution in [0, 0.1) is 0 Å². The van der Waals surface area contributed by atoms with Gasteiger partial charge in [0.1, 0.15) is 0 Å². The SMILES string of the molecule is CN[C@H](C)C[C@H](C)O.Cl. The van der Waals surface area contributed by atoms with E-state index in [9.17, 15) is 0 Å². The molecule has 0 aromatic heterocycles. The highest BCUT2D eigenvalue weighted by atomic mass is 35.5. The molecule has 0 aliphatic heterocycles. The third-order valence-corrected chi connectivity index (χ3v) is 1.19. The normalized spacial score (nSPS) is 16.0. The Kier molecular flexibility index (Phi) is 8.40. The van der Waals surface area contributed by atoms with E-state index in [4.69, 9.17) is 5.11 Å². The topological polar surface area (TPSA) is 32.3 Å². The van der Waals surface area contributed by atoms with Crippen LogP contribution in [0.25, 0.3) is 0 Å². The highest BCUT2D eigenvalue weighted by Crippen LogP contribution is 1.93. The van der Waals surface area contributed by atoms with E-state index in [2.05, 4.69) is 5.32 Å². The summed E-state index contributed by atoms with van der Waals surface area (Å²) in [6.07, 6.45) is 0.647. The van der Waals surface area contributed by atoms with Crippen LogP contribution in [0.5, 0.6) is 0 Å². The second-order valence-corrected chi connectivity index (χ2v) is 2.27. The van der Waals surface area contributed by atoms with Gasteiger partial charge in [0.2, 0.25) is 0 Å². The average Bonchev–Trinajstić information content (AvgIpc) is 1.65. The van der Waals surface area contributed by atoms with Gasteiger partial charge in [-0.15, -0.1) is 12.4 Å². The van der Waals surface area contributed by atoms with Crippen LogP contribution in [0.3, 0.4) is 0 Å². The zero-order valence-corrected chi connectivity index (χ0v) is 7.03. The summed E-state index contributed by atoms with van der Waals surface area (Å²) in [5.74, 6) is 0. The Bertz CT molecular complexity index is 59.0. The highest BCUT2D eigenvalue weighted by Gasteiger charge is 2.00. The fourth-order valence-corrected chi connectivity index (χ4v) is 0.630. The fourth-order valence-electron chi connectivity index (χ4n) is 0.630. The Labute approximate surface area is 63.1 Å². The van der Waals surface area contributed by atoms with Gasteiger partial charge >= 0.3 is 0 Å². The maximum Gasteiger partial charge on any atom is 0.0526 e. The Morgan fingerprint density at radius 3 is 2.00 bits per heavy atom. The van der Waals surface area contributed by atoms with Crippen LogP contribution in [-0.2, 0) is 0 Å². The van der Waals surface area contributed by atoms with E-state index in [0.29, 0.717) is 6.04 Å². The predicted molar refractivity (Wildman–Crippen MR) is 42.1 cm³/mol. The quantitative estimate of drug-likeness (QED) is 0.629. The molecule has 2 N–H and O–H groups in total. The van der Waals surface area contributed by atoms with Gasteiger partial charge in [0.05, 0.1) is 6.10 Å². The number of aliphatic hydroxyl groups is 1. The Hall–Kier alpha value is 0.210. The summed E-state index contributed by atoms with van der Waals surface area (Å²) in [5.41, 5.74) is 0. The molecule has 0 fully saturated rings. The summed E-state index contributed by atoms with van der Waals surface area (Å²) in [6, 6.07) is 0.426. The lowest BCUT2D eigenvalue weighted by atomic mass is 10.2. The monoisotopic (exact) mass is 153 g/mol. The van der Waals surface area contributed by atoms with E-state index < -0.39 is 0 Å². The van der Waals surface area contributed by atoms with Gasteiger partial charge in [-0.3, -0.25) is 0 Å². The first-order valence-electron chi connectivity index (χ1n) is 3.02. The summed E-state index contributed by atoms with van der Waals surface area (Å²) in [5, 5.41) is 11.9. The zero-order chi connectivity index (χ0) is 6.57. The van der Waals surface area contributed by atoms with Gasteiger partial charge in [-0.25, -0.2) is 0 Å². The van der Waals surface area contributed by atoms with Crippen molar-refractivity contribution in [2.75, 3.05) is 7.05 Å². The molecule has 0 radical (unpaired) electrons. The molecule has 0 heterocycles. The fraction of sp³-hybridized carbons (Fsp3) is 1.00. The molecule has 0 aliphatic carbocycles. The molecule has 0 saturated carbocycles. The molecule has 0 aromatic carbocycles. The highest BCUT2D eigenvalue weighted by molar-refractivity contribution is 5.85. The van der Waals surface area contributed by atoms with Crippen molar-refractivity contribution in [1.82, 2.24) is 5.32 Å². The van der Waals surface area contributed by atoms with E-state index in [1.54, 1.807) is 6.92 Å². The lowest BCUT2D eigenvalue weighted by Crippen LogP contribution is -2.25. The van der Waals surface area contributed by atoms with E-state index >= 15 is 0 Å². The second kappa shape index (κ2) is 6.33. The van der Waals surface area contributed by atoms with Crippen molar-refractivity contribution in [1.29, 1.82) is 0 Å². The van der Waals surface area contributed by atoms with Crippen molar-refractivity contribution in [2.45, 2.75) is 32.4 Å². The molecule has 0 bridgehead atoms. The minimum absolute atomic E-state index is 0. The summed E-state index contributed by atoms with van der Waals surface area (Å²) < 4.78 is 0. The summed E-state index contributed by atoms with van der Waals surface area (Å²) >= 11 is 0. The number of hydrogen-bond donors (Lipinski definition) is 2. The zero-order valence-electron chi connectivity index (χ0n) is 6.22. The van der Waals surface area contributed by atoms with Gasteiger partial charge < -0.3 is 10.4 Å². The third-order valence-electron chi connectivity index (χ3n) is 1.19. The van der Waals surface area contributed by atoms with Gasteiger partial charge in [0, 0.05) is 6.04 Å². The Morgan fingerprint density at radius 2 is 1.89 bits per heavy atom. The van der Waals surface area contributed by atoms with E-state index in [-0.39, 0.29) is 18.5 Å². The first-order chi connectivity index (χ1) is 3.66. The molecule has 3 heteroatoms. The Morgan fingerprint density at radius 1 is 1.44 bits per heavy atom. The van der Waals surface area contributed by atoms with E-state index in [1.165, 1.54) is 0 Å². The van der Waals surface area contributed by atoms with Crippen LogP contribution in [0.1, 0.15) is 20.3 Å². The largest absolute Gasteiger partial charge is 0.393 e. The summed E-state index contributed by atoms with van der Waals surface area (Å²) in [6.45, 7) is 3.85. The molecular weight excluding hydrogens is 138 g/mol. The van der Waals surface area contributed by atoms with Crippen molar-refractivity contribution in [3.63, 3.8) is 0 Å². The average molecular weight is 154 g/mol. The summed E-state index contributed by atoms with van der Waals surface area (Å²) in [4.78, 5) is 0. The predicted octanol–water partition coefficient (Wildman–Crippen LogP) is 0.787. The van der Waals surface area contributed by atoms with Gasteiger partial charge in [-0.05, 0) is 27.3 Å². The van der Waals surface area contributed by atoms with Crippen LogP contribution < -0.4 is 5.32 Å². The summed E-state index contributed by atoms with van der Waals surface area (Å²) in [7, 11) is 1.90. The standard InChI is InChI=1S/C6H15NO.ClH/c1-5(7-3)4-6(2)8;/h5-8H,4H2,1-3H3;1H/t5-,6+;/m1./s1. The van der Waals surface area contributed by atoms with Crippen LogP contribution in [0.4, 0.5) is 0 Å². The molecule has 58 valence electrons. The maximum atomic E-state index is 8.81. The molecule has 0 rings (SSSR count). The van der Waals surface area contributed by atoms with Crippen LogP contribution in [0.2, 0.25) is 0 Å². The third kappa shape index (κ3) is 8.21. The first-order valence-corrected chi connectivity index (χ1v) is 3.02. The molecule has 0 amide bonds. The van der Waals surface area contributed by atoms with Crippen LogP contribution in [0.15, 0.2) is 0 Å². The van der Waals surface area contributed by atoms with Crippen LogP contribution >= 0.6 is 12.4 Å². The first kappa shape index (κ1) is 11.9. The maximum absolute atomic E-state index is 8.81. The van der Waals surface area contributed by atoms with Crippen molar-refractivity contribution in [2.24, 2.45) is 0 Å². The number of nitrogens with one attached hydrogen (secondary N) is 1. The minimum Gasteiger partial charge on any atom is -0.393 e. The van der Waals surface area contributed by atoms with Crippen molar-refractivity contribution in [3.8, 4) is 0 Å². The molecule has 2 atom stereocenters. The number of rotatable bonds is 3. The van der Waals surface area contributed by atoms with Gasteiger partial charge in [-0.1, -0.05) is 0 Å². The van der Waals surface area contributed by atoms with Crippen LogP contribution in [-0.4, -0.2) is 24.3 Å². The van der Waals surface area contributed by atoms with Gasteiger partial charge in [0.25, 0.3) is 0 Å². The lowest BCUT2D eigenvalue weighted by molar-refractivity contribution is 0.172. The van der Waals surface area contributed by atoms with E-state index in [1.807, 2.05) is 14.0 Å². The van der Waals surface area contributed by atoms with Crippen molar-refractivity contribution >= 4 is 12.4 Å². The number of aliphatic hydroxyl groups excluding tert-OH is 1. The van der Waals surface area contributed by atoms with Crippen molar-refractivity contribution in [3.05, 3.63) is 0 Å². The van der Waals surface area contributed by atoms with Crippen molar-refractivity contribution < 1.29 is 5.11 Å². The molecule has 0 unspecified atom stereocenters. The minimum atomic E-state index is -0.183.